The van der Waals surface area contributed by atoms with E-state index in [0.29, 0.717) is 19.2 Å². The molecular formula is C27H9F11O. The van der Waals surface area contributed by atoms with Crippen molar-refractivity contribution >= 4 is 21.5 Å². The van der Waals surface area contributed by atoms with Crippen molar-refractivity contribution in [2.75, 3.05) is 7.11 Å². The molecule has 0 aromatic heterocycles. The standard InChI is InChI=1S/C27H9F11O/c1-39-27-25(37)23(35)20(24(36)26(27)38)17-9-3-2-8(28)4-10(9)18(12-6-14(30)13(29)5-11(12)17)19-21(33)15(31)7-16(32)22(19)34/h2-7H,1H3. The molecule has 0 aliphatic carbocycles. The molecule has 5 aromatic carbocycles. The SMILES string of the molecule is COc1c(F)c(F)c(-c2c3ccc(F)cc3c(-c3c(F)c(F)cc(F)c3F)c3cc(F)c(F)cc23)c(F)c1F. The maximum Gasteiger partial charge on any atom is 0.204 e. The number of hydrogen-bond donors (Lipinski definition) is 0. The number of rotatable bonds is 3. The lowest BCUT2D eigenvalue weighted by Gasteiger charge is -2.20. The summed E-state index contributed by atoms with van der Waals surface area (Å²) in [5.74, 6) is -22.0. The first-order valence-corrected chi connectivity index (χ1v) is 10.7. The number of methoxy groups -OCH3 is 1. The van der Waals surface area contributed by atoms with Crippen LogP contribution in [0.4, 0.5) is 48.3 Å². The van der Waals surface area contributed by atoms with Crippen LogP contribution >= 0.6 is 0 Å². The van der Waals surface area contributed by atoms with Crippen molar-refractivity contribution in [3.05, 3.63) is 100 Å². The number of halogens is 11. The van der Waals surface area contributed by atoms with E-state index in [1.807, 2.05) is 0 Å². The van der Waals surface area contributed by atoms with Crippen LogP contribution in [0.3, 0.4) is 0 Å². The molecule has 0 fully saturated rings. The Morgan fingerprint density at radius 1 is 0.410 bits per heavy atom. The molecule has 0 unspecified atom stereocenters. The van der Waals surface area contributed by atoms with Crippen LogP contribution in [0.15, 0.2) is 36.4 Å². The van der Waals surface area contributed by atoms with E-state index in [1.54, 1.807) is 0 Å². The predicted octanol–water partition coefficient (Wildman–Crippen LogP) is 8.87. The van der Waals surface area contributed by atoms with E-state index in [1.165, 1.54) is 0 Å². The zero-order chi connectivity index (χ0) is 28.5. The summed E-state index contributed by atoms with van der Waals surface area (Å²) >= 11 is 0. The van der Waals surface area contributed by atoms with Crippen molar-refractivity contribution in [1.82, 2.24) is 0 Å². The molecule has 0 heterocycles. The highest BCUT2D eigenvalue weighted by molar-refractivity contribution is 6.21. The molecule has 1 nitrogen and oxygen atoms in total. The lowest BCUT2D eigenvalue weighted by molar-refractivity contribution is 0.334. The molecule has 0 amide bonds. The van der Waals surface area contributed by atoms with Gasteiger partial charge in [0.1, 0.15) is 5.82 Å². The maximum atomic E-state index is 15.2. The third-order valence-corrected chi connectivity index (χ3v) is 6.16. The minimum absolute atomic E-state index is 0.137. The van der Waals surface area contributed by atoms with Gasteiger partial charge in [-0.1, -0.05) is 6.07 Å². The molecule has 5 rings (SSSR count). The average Bonchev–Trinajstić information content (AvgIpc) is 2.89. The van der Waals surface area contributed by atoms with E-state index < -0.39 is 114 Å². The van der Waals surface area contributed by atoms with Gasteiger partial charge in [0.25, 0.3) is 0 Å². The van der Waals surface area contributed by atoms with Crippen LogP contribution < -0.4 is 4.74 Å². The summed E-state index contributed by atoms with van der Waals surface area (Å²) in [5.41, 5.74) is -4.81. The number of fused-ring (bicyclic) bond motifs is 2. The fourth-order valence-corrected chi connectivity index (χ4v) is 4.53. The van der Waals surface area contributed by atoms with Crippen molar-refractivity contribution in [1.29, 1.82) is 0 Å². The maximum absolute atomic E-state index is 15.2. The van der Waals surface area contributed by atoms with E-state index in [4.69, 9.17) is 0 Å². The van der Waals surface area contributed by atoms with Gasteiger partial charge in [-0.15, -0.1) is 0 Å². The topological polar surface area (TPSA) is 9.23 Å². The van der Waals surface area contributed by atoms with Gasteiger partial charge < -0.3 is 4.74 Å². The lowest BCUT2D eigenvalue weighted by atomic mass is 9.85. The minimum atomic E-state index is -2.07. The van der Waals surface area contributed by atoms with Crippen LogP contribution in [0, 0.1) is 64.0 Å². The minimum Gasteiger partial charge on any atom is -0.491 e. The Morgan fingerprint density at radius 3 is 1.33 bits per heavy atom. The van der Waals surface area contributed by atoms with Crippen LogP contribution in [0.5, 0.6) is 5.75 Å². The first-order valence-electron chi connectivity index (χ1n) is 10.7. The smallest absolute Gasteiger partial charge is 0.204 e. The summed E-state index contributed by atoms with van der Waals surface area (Å²) in [5, 5.41) is -2.95. The lowest BCUT2D eigenvalue weighted by Crippen LogP contribution is -2.06. The van der Waals surface area contributed by atoms with Crippen LogP contribution in [-0.4, -0.2) is 7.11 Å². The van der Waals surface area contributed by atoms with Crippen LogP contribution in [0.2, 0.25) is 0 Å². The Morgan fingerprint density at radius 2 is 0.846 bits per heavy atom. The van der Waals surface area contributed by atoms with Crippen LogP contribution in [-0.2, 0) is 0 Å². The third-order valence-electron chi connectivity index (χ3n) is 6.16. The van der Waals surface area contributed by atoms with Crippen molar-refractivity contribution in [3.8, 4) is 28.0 Å². The molecule has 0 bridgehead atoms. The fourth-order valence-electron chi connectivity index (χ4n) is 4.53. The van der Waals surface area contributed by atoms with Gasteiger partial charge in [-0.05, 0) is 45.8 Å². The zero-order valence-electron chi connectivity index (χ0n) is 19.0. The van der Waals surface area contributed by atoms with E-state index >= 15 is 8.78 Å². The zero-order valence-corrected chi connectivity index (χ0v) is 19.0. The Hall–Kier alpha value is -4.35. The summed E-state index contributed by atoms with van der Waals surface area (Å²) in [4.78, 5) is 0. The van der Waals surface area contributed by atoms with Gasteiger partial charge in [0, 0.05) is 17.2 Å². The van der Waals surface area contributed by atoms with Crippen molar-refractivity contribution in [3.63, 3.8) is 0 Å². The molecule has 0 saturated heterocycles. The second kappa shape index (κ2) is 9.14. The van der Waals surface area contributed by atoms with Gasteiger partial charge in [-0.2, -0.15) is 8.78 Å². The van der Waals surface area contributed by atoms with Gasteiger partial charge >= 0.3 is 0 Å². The van der Waals surface area contributed by atoms with Gasteiger partial charge in [0.15, 0.2) is 52.3 Å². The number of benzene rings is 5. The second-order valence-corrected chi connectivity index (χ2v) is 8.26. The summed E-state index contributed by atoms with van der Waals surface area (Å²) in [6.45, 7) is 0. The van der Waals surface area contributed by atoms with Crippen LogP contribution in [0.1, 0.15) is 0 Å². The third kappa shape index (κ3) is 3.76. The average molecular weight is 558 g/mol. The highest BCUT2D eigenvalue weighted by atomic mass is 19.2. The van der Waals surface area contributed by atoms with Crippen molar-refractivity contribution < 1.29 is 53.0 Å². The molecule has 0 aliphatic rings. The Balaban J connectivity index is 2.14. The van der Waals surface area contributed by atoms with Crippen LogP contribution in [0.25, 0.3) is 43.8 Å². The summed E-state index contributed by atoms with van der Waals surface area (Å²) in [6, 6.07) is 2.36. The molecule has 5 aromatic rings. The summed E-state index contributed by atoms with van der Waals surface area (Å²) < 4.78 is 166. The van der Waals surface area contributed by atoms with Gasteiger partial charge in [-0.25, -0.2) is 39.5 Å². The quantitative estimate of drug-likeness (QED) is 0.122. The van der Waals surface area contributed by atoms with Gasteiger partial charge in [-0.3, -0.25) is 0 Å². The molecule has 0 aliphatic heterocycles. The monoisotopic (exact) mass is 558 g/mol. The highest BCUT2D eigenvalue weighted by Gasteiger charge is 2.32. The predicted molar refractivity (Wildman–Crippen MR) is 118 cm³/mol. The largest absolute Gasteiger partial charge is 0.491 e. The fraction of sp³-hybridized carbons (Fsp3) is 0.0370. The van der Waals surface area contributed by atoms with E-state index in [-0.39, 0.29) is 18.2 Å². The molecule has 0 saturated carbocycles. The summed E-state index contributed by atoms with van der Waals surface area (Å²) in [6.07, 6.45) is 0. The molecule has 39 heavy (non-hydrogen) atoms. The summed E-state index contributed by atoms with van der Waals surface area (Å²) in [7, 11) is 0.710. The Bertz CT molecular complexity index is 1810. The molecule has 12 heteroatoms. The molecule has 200 valence electrons. The second-order valence-electron chi connectivity index (χ2n) is 8.26. The first kappa shape index (κ1) is 26.3. The van der Waals surface area contributed by atoms with E-state index in [2.05, 4.69) is 4.74 Å². The van der Waals surface area contributed by atoms with Crippen molar-refractivity contribution in [2.45, 2.75) is 0 Å². The van der Waals surface area contributed by atoms with Crippen molar-refractivity contribution in [2.24, 2.45) is 0 Å². The molecular weight excluding hydrogens is 549 g/mol. The molecule has 0 N–H and O–H groups in total. The number of ether oxygens (including phenoxy) is 1. The van der Waals surface area contributed by atoms with E-state index in [9.17, 15) is 39.5 Å². The normalized spacial score (nSPS) is 11.6. The Kier molecular flexibility index (Phi) is 6.15. The molecule has 0 atom stereocenters. The first-order chi connectivity index (χ1) is 18.4. The molecule has 0 spiro atoms. The van der Waals surface area contributed by atoms with E-state index in [0.717, 1.165) is 6.07 Å². The Labute approximate surface area is 210 Å². The highest BCUT2D eigenvalue weighted by Crippen LogP contribution is 2.48. The number of hydrogen-bond acceptors (Lipinski definition) is 1. The van der Waals surface area contributed by atoms with Gasteiger partial charge in [0.2, 0.25) is 11.6 Å². The molecule has 0 radical (unpaired) electrons. The van der Waals surface area contributed by atoms with Gasteiger partial charge in [0.05, 0.1) is 18.2 Å².